The van der Waals surface area contributed by atoms with Crippen molar-refractivity contribution in [3.8, 4) is 0 Å². The zero-order valence-electron chi connectivity index (χ0n) is 13.8. The molecule has 0 radical (unpaired) electrons. The first-order valence-corrected chi connectivity index (χ1v) is 9.44. The van der Waals surface area contributed by atoms with Crippen LogP contribution >= 0.6 is 35.7 Å². The number of thioether (sulfide) groups is 1. The maximum Gasteiger partial charge on any atom is 0.191 e. The first-order valence-electron chi connectivity index (χ1n) is 8.15. The summed E-state index contributed by atoms with van der Waals surface area (Å²) in [6, 6.07) is 0.586. The van der Waals surface area contributed by atoms with Crippen LogP contribution in [-0.4, -0.2) is 49.8 Å². The Morgan fingerprint density at radius 3 is 2.95 bits per heavy atom. The van der Waals surface area contributed by atoms with Crippen LogP contribution in [0.4, 0.5) is 0 Å². The molecular formula is C16H30IN3OS. The standard InChI is InChI=1S/C16H29N3OS.HI/c1-3-17-16(19-14-4-5-15(12-14)21-2)18-9-6-13-7-10-20-11-8-13;/h7,14-15H,3-6,8-12H2,1-2H3,(H2,17,18,19);1H. The van der Waals surface area contributed by atoms with Crippen LogP contribution < -0.4 is 10.6 Å². The minimum atomic E-state index is 0. The SMILES string of the molecule is CCNC(=NCCC1=CCOCC1)NC1CCC(SC)C1.I. The second kappa shape index (κ2) is 11.6. The first kappa shape index (κ1) is 20.1. The number of hydrogen-bond donors (Lipinski definition) is 2. The van der Waals surface area contributed by atoms with Gasteiger partial charge in [-0.1, -0.05) is 11.6 Å². The van der Waals surface area contributed by atoms with Crippen LogP contribution in [0, 0.1) is 0 Å². The van der Waals surface area contributed by atoms with Gasteiger partial charge in [-0.2, -0.15) is 11.8 Å². The van der Waals surface area contributed by atoms with E-state index in [0.29, 0.717) is 6.04 Å². The third kappa shape index (κ3) is 7.08. The average molecular weight is 439 g/mol. The Labute approximate surface area is 156 Å². The molecule has 0 spiro atoms. The third-order valence-corrected chi connectivity index (χ3v) is 5.26. The Balaban J connectivity index is 0.00000242. The summed E-state index contributed by atoms with van der Waals surface area (Å²) in [6.45, 7) is 5.54. The lowest BCUT2D eigenvalue weighted by molar-refractivity contribution is 0.153. The lowest BCUT2D eigenvalue weighted by Gasteiger charge is -2.17. The van der Waals surface area contributed by atoms with Gasteiger partial charge in [0.2, 0.25) is 0 Å². The maximum absolute atomic E-state index is 5.34. The topological polar surface area (TPSA) is 45.7 Å². The maximum atomic E-state index is 5.34. The van der Waals surface area contributed by atoms with Gasteiger partial charge in [-0.25, -0.2) is 0 Å². The Kier molecular flexibility index (Phi) is 10.6. The van der Waals surface area contributed by atoms with Gasteiger partial charge >= 0.3 is 0 Å². The van der Waals surface area contributed by atoms with E-state index in [2.05, 4.69) is 29.9 Å². The number of ether oxygens (including phenoxy) is 1. The number of rotatable bonds is 6. The fourth-order valence-corrected chi connectivity index (χ4v) is 3.70. The molecule has 0 aromatic rings. The average Bonchev–Trinajstić information content (AvgIpc) is 2.96. The lowest BCUT2D eigenvalue weighted by Crippen LogP contribution is -2.42. The molecule has 2 atom stereocenters. The van der Waals surface area contributed by atoms with E-state index < -0.39 is 0 Å². The molecule has 0 aromatic carbocycles. The number of aliphatic imine (C=N–C) groups is 1. The van der Waals surface area contributed by atoms with Crippen LogP contribution in [0.15, 0.2) is 16.6 Å². The molecule has 1 aliphatic carbocycles. The molecule has 6 heteroatoms. The normalized spacial score (nSPS) is 25.4. The highest BCUT2D eigenvalue weighted by atomic mass is 127. The molecule has 2 rings (SSSR count). The Hall–Kier alpha value is 0.0500. The molecule has 2 N–H and O–H groups in total. The van der Waals surface area contributed by atoms with Gasteiger partial charge in [0.25, 0.3) is 0 Å². The Morgan fingerprint density at radius 2 is 2.32 bits per heavy atom. The van der Waals surface area contributed by atoms with Crippen molar-refractivity contribution < 1.29 is 4.74 Å². The van der Waals surface area contributed by atoms with Crippen LogP contribution in [0.2, 0.25) is 0 Å². The molecule has 128 valence electrons. The Morgan fingerprint density at radius 1 is 1.45 bits per heavy atom. The molecule has 1 saturated carbocycles. The van der Waals surface area contributed by atoms with E-state index >= 15 is 0 Å². The van der Waals surface area contributed by atoms with Crippen LogP contribution in [0.1, 0.15) is 39.0 Å². The van der Waals surface area contributed by atoms with Crippen LogP contribution in [-0.2, 0) is 4.74 Å². The second-order valence-corrected chi connectivity index (χ2v) is 6.85. The monoisotopic (exact) mass is 439 g/mol. The van der Waals surface area contributed by atoms with E-state index in [1.54, 1.807) is 0 Å². The summed E-state index contributed by atoms with van der Waals surface area (Å²) < 4.78 is 5.34. The quantitative estimate of drug-likeness (QED) is 0.289. The van der Waals surface area contributed by atoms with Gasteiger partial charge in [0, 0.05) is 24.4 Å². The number of guanidine groups is 1. The predicted molar refractivity (Wildman–Crippen MR) is 108 cm³/mol. The highest BCUT2D eigenvalue weighted by Crippen LogP contribution is 2.28. The van der Waals surface area contributed by atoms with E-state index in [9.17, 15) is 0 Å². The van der Waals surface area contributed by atoms with Gasteiger partial charge in [-0.15, -0.1) is 24.0 Å². The molecule has 2 unspecified atom stereocenters. The van der Waals surface area contributed by atoms with Crippen molar-refractivity contribution in [2.45, 2.75) is 50.3 Å². The van der Waals surface area contributed by atoms with Gasteiger partial charge in [-0.05, 0) is 45.3 Å². The molecular weight excluding hydrogens is 409 g/mol. The fraction of sp³-hybridized carbons (Fsp3) is 0.812. The van der Waals surface area contributed by atoms with Crippen molar-refractivity contribution >= 4 is 41.7 Å². The van der Waals surface area contributed by atoms with E-state index in [0.717, 1.165) is 50.4 Å². The van der Waals surface area contributed by atoms with Crippen molar-refractivity contribution in [3.63, 3.8) is 0 Å². The molecule has 0 aromatic heterocycles. The van der Waals surface area contributed by atoms with E-state index in [1.807, 2.05) is 11.8 Å². The van der Waals surface area contributed by atoms with Crippen molar-refractivity contribution in [3.05, 3.63) is 11.6 Å². The van der Waals surface area contributed by atoms with Gasteiger partial charge < -0.3 is 15.4 Å². The van der Waals surface area contributed by atoms with Crippen LogP contribution in [0.3, 0.4) is 0 Å². The van der Waals surface area contributed by atoms with Crippen LogP contribution in [0.5, 0.6) is 0 Å². The molecule has 0 bridgehead atoms. The number of nitrogens with one attached hydrogen (secondary N) is 2. The molecule has 2 aliphatic rings. The number of nitrogens with zero attached hydrogens (tertiary/aromatic N) is 1. The van der Waals surface area contributed by atoms with Gasteiger partial charge in [0.15, 0.2) is 5.96 Å². The lowest BCUT2D eigenvalue weighted by atomic mass is 10.1. The fourth-order valence-electron chi connectivity index (χ4n) is 2.90. The minimum Gasteiger partial charge on any atom is -0.377 e. The molecule has 1 heterocycles. The summed E-state index contributed by atoms with van der Waals surface area (Å²) in [7, 11) is 0. The van der Waals surface area contributed by atoms with E-state index in [1.165, 1.54) is 24.8 Å². The molecule has 1 fully saturated rings. The van der Waals surface area contributed by atoms with Gasteiger partial charge in [-0.3, -0.25) is 4.99 Å². The molecule has 0 saturated heterocycles. The summed E-state index contributed by atoms with van der Waals surface area (Å²) >= 11 is 1.99. The summed E-state index contributed by atoms with van der Waals surface area (Å²) in [4.78, 5) is 4.73. The summed E-state index contributed by atoms with van der Waals surface area (Å²) in [6.07, 6.45) is 10.4. The number of hydrogen-bond acceptors (Lipinski definition) is 3. The van der Waals surface area contributed by atoms with Gasteiger partial charge in [0.05, 0.1) is 13.2 Å². The smallest absolute Gasteiger partial charge is 0.191 e. The van der Waals surface area contributed by atoms with Crippen LogP contribution in [0.25, 0.3) is 0 Å². The summed E-state index contributed by atoms with van der Waals surface area (Å²) in [5.74, 6) is 0.983. The van der Waals surface area contributed by atoms with Crippen molar-refractivity contribution in [2.24, 2.45) is 4.99 Å². The van der Waals surface area contributed by atoms with E-state index in [4.69, 9.17) is 9.73 Å². The molecule has 4 nitrogen and oxygen atoms in total. The molecule has 1 aliphatic heterocycles. The van der Waals surface area contributed by atoms with Crippen molar-refractivity contribution in [1.82, 2.24) is 10.6 Å². The number of halogens is 1. The molecule has 0 amide bonds. The van der Waals surface area contributed by atoms with E-state index in [-0.39, 0.29) is 24.0 Å². The summed E-state index contributed by atoms with van der Waals surface area (Å²) in [5.41, 5.74) is 1.49. The van der Waals surface area contributed by atoms with Crippen molar-refractivity contribution in [2.75, 3.05) is 32.6 Å². The molecule has 22 heavy (non-hydrogen) atoms. The summed E-state index contributed by atoms with van der Waals surface area (Å²) in [5, 5.41) is 7.79. The predicted octanol–water partition coefficient (Wildman–Crippen LogP) is 3.18. The zero-order valence-corrected chi connectivity index (χ0v) is 16.9. The largest absolute Gasteiger partial charge is 0.377 e. The Bertz CT molecular complexity index is 376. The van der Waals surface area contributed by atoms with Gasteiger partial charge in [0.1, 0.15) is 0 Å². The zero-order chi connectivity index (χ0) is 14.9. The third-order valence-electron chi connectivity index (χ3n) is 4.16. The first-order chi connectivity index (χ1) is 10.3. The second-order valence-electron chi connectivity index (χ2n) is 5.71. The van der Waals surface area contributed by atoms with Crippen molar-refractivity contribution in [1.29, 1.82) is 0 Å². The highest BCUT2D eigenvalue weighted by molar-refractivity contribution is 14.0. The highest BCUT2D eigenvalue weighted by Gasteiger charge is 2.24. The minimum absolute atomic E-state index is 0.